The summed E-state index contributed by atoms with van der Waals surface area (Å²) >= 11 is 0. The van der Waals surface area contributed by atoms with Crippen LogP contribution < -0.4 is 0 Å². The van der Waals surface area contributed by atoms with E-state index in [-0.39, 0.29) is 22.3 Å². The maximum atomic E-state index is 15.2. The number of allylic oxidation sites excluding steroid dienone is 4. The molecule has 0 bridgehead atoms. The molecule has 0 radical (unpaired) electrons. The minimum atomic E-state index is -2.25. The summed E-state index contributed by atoms with van der Waals surface area (Å²) in [6.07, 6.45) is -3.05. The Morgan fingerprint density at radius 2 is 1.80 bits per heavy atom. The van der Waals surface area contributed by atoms with Gasteiger partial charge >= 0.3 is 0 Å². The Balaban J connectivity index is 1.88. The first-order valence-corrected chi connectivity index (χ1v) is 10.7. The molecular formula is C24H30F4O2. The second-order valence-corrected chi connectivity index (χ2v) is 8.43. The van der Waals surface area contributed by atoms with Gasteiger partial charge in [-0.2, -0.15) is 0 Å². The van der Waals surface area contributed by atoms with Gasteiger partial charge in [0.15, 0.2) is 18.6 Å². The second-order valence-electron chi connectivity index (χ2n) is 8.43. The Morgan fingerprint density at radius 1 is 1.13 bits per heavy atom. The first-order chi connectivity index (χ1) is 14.3. The lowest BCUT2D eigenvalue weighted by atomic mass is 9.81. The van der Waals surface area contributed by atoms with Gasteiger partial charge < -0.3 is 9.47 Å². The van der Waals surface area contributed by atoms with Crippen LogP contribution in [0, 0.1) is 11.7 Å². The highest BCUT2D eigenvalue weighted by molar-refractivity contribution is 5.77. The number of aryl methyl sites for hydroxylation is 1. The zero-order chi connectivity index (χ0) is 22.0. The first kappa shape index (κ1) is 23.0. The van der Waals surface area contributed by atoms with Gasteiger partial charge in [-0.3, -0.25) is 0 Å². The molecular weight excluding hydrogens is 396 g/mol. The minimum Gasteiger partial charge on any atom is -0.352 e. The molecule has 1 fully saturated rings. The van der Waals surface area contributed by atoms with E-state index >= 15 is 4.39 Å². The monoisotopic (exact) mass is 426 g/mol. The maximum absolute atomic E-state index is 15.2. The van der Waals surface area contributed by atoms with Crippen LogP contribution in [0.15, 0.2) is 29.1 Å². The molecule has 2 unspecified atom stereocenters. The van der Waals surface area contributed by atoms with Crippen molar-refractivity contribution in [3.8, 4) is 0 Å². The van der Waals surface area contributed by atoms with Crippen LogP contribution in [-0.4, -0.2) is 25.7 Å². The lowest BCUT2D eigenvalue weighted by Gasteiger charge is -2.29. The lowest BCUT2D eigenvalue weighted by Crippen LogP contribution is -2.30. The fourth-order valence-electron chi connectivity index (χ4n) is 4.11. The Bertz CT molecular complexity index is 838. The number of hydrogen-bond donors (Lipinski definition) is 0. The van der Waals surface area contributed by atoms with Crippen molar-refractivity contribution in [1.29, 1.82) is 0 Å². The van der Waals surface area contributed by atoms with E-state index in [4.69, 9.17) is 9.47 Å². The van der Waals surface area contributed by atoms with Gasteiger partial charge in [0, 0.05) is 23.5 Å². The van der Waals surface area contributed by atoms with Crippen LogP contribution in [0.3, 0.4) is 0 Å². The molecule has 6 heteroatoms. The summed E-state index contributed by atoms with van der Waals surface area (Å²) < 4.78 is 71.1. The van der Waals surface area contributed by atoms with Gasteiger partial charge in [-0.1, -0.05) is 32.4 Å². The lowest BCUT2D eigenvalue weighted by molar-refractivity contribution is -0.199. The number of fused-ring (bicyclic) bond motifs is 1. The fourth-order valence-corrected chi connectivity index (χ4v) is 4.11. The number of halogens is 4. The van der Waals surface area contributed by atoms with Crippen molar-refractivity contribution in [2.75, 3.05) is 13.2 Å². The highest BCUT2D eigenvalue weighted by Gasteiger charge is 2.39. The van der Waals surface area contributed by atoms with Gasteiger partial charge in [0.2, 0.25) is 0 Å². The van der Waals surface area contributed by atoms with Crippen molar-refractivity contribution in [2.45, 2.75) is 72.0 Å². The summed E-state index contributed by atoms with van der Waals surface area (Å²) in [6, 6.07) is 3.15. The van der Waals surface area contributed by atoms with Crippen LogP contribution in [0.4, 0.5) is 17.6 Å². The molecule has 1 saturated heterocycles. The van der Waals surface area contributed by atoms with E-state index in [1.54, 1.807) is 19.1 Å². The molecule has 1 aromatic carbocycles. The molecule has 1 heterocycles. The Hall–Kier alpha value is -1.66. The highest BCUT2D eigenvalue weighted by Crippen LogP contribution is 2.46. The number of rotatable bonds is 6. The third-order valence-electron chi connectivity index (χ3n) is 5.90. The molecule has 1 aliphatic heterocycles. The van der Waals surface area contributed by atoms with Gasteiger partial charge in [0.25, 0.3) is 0 Å². The van der Waals surface area contributed by atoms with Crippen LogP contribution in [0.5, 0.6) is 0 Å². The van der Waals surface area contributed by atoms with Gasteiger partial charge in [-0.25, -0.2) is 17.6 Å². The number of ether oxygens (including phenoxy) is 2. The predicted octanol–water partition coefficient (Wildman–Crippen LogP) is 6.95. The predicted molar refractivity (Wildman–Crippen MR) is 110 cm³/mol. The van der Waals surface area contributed by atoms with E-state index in [9.17, 15) is 13.2 Å². The van der Waals surface area contributed by atoms with Crippen molar-refractivity contribution < 1.29 is 27.0 Å². The molecule has 1 aliphatic carbocycles. The van der Waals surface area contributed by atoms with Gasteiger partial charge in [-0.15, -0.1) is 0 Å². The fraction of sp³-hybridized carbons (Fsp3) is 0.583. The summed E-state index contributed by atoms with van der Waals surface area (Å²) in [7, 11) is 0. The summed E-state index contributed by atoms with van der Waals surface area (Å²) in [6.45, 7) is 8.14. The van der Waals surface area contributed by atoms with Crippen LogP contribution in [-0.2, 0) is 15.9 Å². The summed E-state index contributed by atoms with van der Waals surface area (Å²) in [4.78, 5) is 0. The van der Waals surface area contributed by atoms with Crippen molar-refractivity contribution in [1.82, 2.24) is 0 Å². The molecule has 2 nitrogen and oxygen atoms in total. The van der Waals surface area contributed by atoms with Crippen LogP contribution in [0.2, 0.25) is 0 Å². The van der Waals surface area contributed by atoms with E-state index < -0.39 is 30.3 Å². The molecule has 0 amide bonds. The largest absolute Gasteiger partial charge is 0.352 e. The average Bonchev–Trinajstić information content (AvgIpc) is 2.73. The molecule has 2 atom stereocenters. The van der Waals surface area contributed by atoms with Crippen molar-refractivity contribution >= 4 is 5.57 Å². The van der Waals surface area contributed by atoms with Crippen molar-refractivity contribution in [3.63, 3.8) is 0 Å². The quantitative estimate of drug-likeness (QED) is 0.459. The number of benzene rings is 1. The van der Waals surface area contributed by atoms with Crippen LogP contribution >= 0.6 is 0 Å². The Kier molecular flexibility index (Phi) is 7.40. The first-order valence-electron chi connectivity index (χ1n) is 10.7. The summed E-state index contributed by atoms with van der Waals surface area (Å²) in [5.74, 6) is -1.17. The van der Waals surface area contributed by atoms with E-state index in [1.165, 1.54) is 6.92 Å². The molecule has 166 valence electrons. The van der Waals surface area contributed by atoms with E-state index in [1.807, 2.05) is 13.8 Å². The number of hydrogen-bond acceptors (Lipinski definition) is 2. The third kappa shape index (κ3) is 4.50. The smallest absolute Gasteiger partial charge is 0.164 e. The van der Waals surface area contributed by atoms with Crippen molar-refractivity contribution in [2.24, 2.45) is 5.92 Å². The van der Waals surface area contributed by atoms with Crippen molar-refractivity contribution in [3.05, 3.63) is 51.6 Å². The normalized spacial score (nSPS) is 27.7. The topological polar surface area (TPSA) is 18.5 Å². The third-order valence-corrected chi connectivity index (χ3v) is 5.90. The minimum absolute atomic E-state index is 0.236. The van der Waals surface area contributed by atoms with Gasteiger partial charge in [-0.05, 0) is 49.0 Å². The average molecular weight is 426 g/mol. The summed E-state index contributed by atoms with van der Waals surface area (Å²) in [5, 5.41) is 0. The molecule has 2 aliphatic rings. The molecule has 0 aromatic heterocycles. The van der Waals surface area contributed by atoms with E-state index in [0.717, 1.165) is 0 Å². The zero-order valence-electron chi connectivity index (χ0n) is 18.0. The molecule has 30 heavy (non-hydrogen) atoms. The molecule has 0 saturated carbocycles. The molecule has 3 rings (SSSR count). The van der Waals surface area contributed by atoms with Crippen LogP contribution in [0.25, 0.3) is 5.57 Å². The second kappa shape index (κ2) is 9.65. The van der Waals surface area contributed by atoms with E-state index in [0.29, 0.717) is 56.0 Å². The zero-order valence-corrected chi connectivity index (χ0v) is 18.0. The van der Waals surface area contributed by atoms with Gasteiger partial charge in [0.1, 0.15) is 11.6 Å². The highest BCUT2D eigenvalue weighted by atomic mass is 19.2. The Labute approximate surface area is 175 Å². The molecule has 1 aromatic rings. The summed E-state index contributed by atoms with van der Waals surface area (Å²) in [5.41, 5.74) is 0.518. The number of alkyl halides is 2. The standard InChI is InChI=1S/C24H30F4O2/c1-5-6-16-8-9-17-15(4)19(23(27)24(28)20(17)22(16)26)21(25)14(3)7-10-18-29-11-13(2)12-30-18/h8-9,13,18,23-24H,5-7,10-12H2,1-4H3/b21-14-. The Morgan fingerprint density at radius 3 is 2.43 bits per heavy atom. The SMILES string of the molecule is CCCc1ccc2c(c1F)C(F)C(F)C(/C(F)=C(\C)CCC1OCC(C)CO1)=C2C. The maximum Gasteiger partial charge on any atom is 0.164 e. The molecule has 0 spiro atoms. The van der Waals surface area contributed by atoms with Crippen LogP contribution in [0.1, 0.15) is 69.8 Å². The van der Waals surface area contributed by atoms with E-state index in [2.05, 4.69) is 0 Å². The van der Waals surface area contributed by atoms with Gasteiger partial charge in [0.05, 0.1) is 13.2 Å². The molecule has 0 N–H and O–H groups in total.